The van der Waals surface area contributed by atoms with Crippen LogP contribution in [0.2, 0.25) is 0 Å². The van der Waals surface area contributed by atoms with Gasteiger partial charge in [-0.05, 0) is 69.9 Å². The summed E-state index contributed by atoms with van der Waals surface area (Å²) in [5, 5.41) is 0. The van der Waals surface area contributed by atoms with Crippen molar-refractivity contribution in [2.75, 3.05) is 37.4 Å². The number of piperidine rings is 1. The van der Waals surface area contributed by atoms with E-state index in [1.807, 2.05) is 24.0 Å². The molecule has 2 atom stereocenters. The largest absolute Gasteiger partial charge is 0.373 e. The molecule has 0 aromatic heterocycles. The topological polar surface area (TPSA) is 79.0 Å². The number of hydrogen-bond acceptors (Lipinski definition) is 5. The van der Waals surface area contributed by atoms with Gasteiger partial charge in [-0.3, -0.25) is 14.4 Å². The molecule has 4 rings (SSSR count). The number of sulfonamides is 1. The Bertz CT molecular complexity index is 1090. The third-order valence-electron chi connectivity index (χ3n) is 6.61. The Balaban J connectivity index is 1.35. The molecule has 34 heavy (non-hydrogen) atoms. The minimum atomic E-state index is -3.78. The van der Waals surface area contributed by atoms with Crippen molar-refractivity contribution in [2.24, 2.45) is 5.92 Å². The van der Waals surface area contributed by atoms with Crippen LogP contribution in [0.15, 0.2) is 53.4 Å². The summed E-state index contributed by atoms with van der Waals surface area (Å²) in [6, 6.07) is 13.5. The number of likely N-dealkylation sites (tertiary alicyclic amines) is 1. The van der Waals surface area contributed by atoms with Crippen LogP contribution in [0.3, 0.4) is 0 Å². The maximum Gasteiger partial charge on any atom is 0.261 e. The SMILES string of the molecule is Cc1ccc(NS(=O)(=O)c2cccc(C(=O)N3CCC(CN4CC(C)OC(C)C4)CC3)c2)cc1. The third-order valence-corrected chi connectivity index (χ3v) is 7.99. The van der Waals surface area contributed by atoms with Crippen molar-refractivity contribution in [3.05, 3.63) is 59.7 Å². The number of ether oxygens (including phenoxy) is 1. The van der Waals surface area contributed by atoms with Crippen LogP contribution in [-0.4, -0.2) is 69.1 Å². The molecule has 1 amide bonds. The highest BCUT2D eigenvalue weighted by Crippen LogP contribution is 2.23. The van der Waals surface area contributed by atoms with E-state index in [2.05, 4.69) is 23.5 Å². The van der Waals surface area contributed by atoms with Crippen LogP contribution in [0, 0.1) is 12.8 Å². The van der Waals surface area contributed by atoms with Crippen LogP contribution in [-0.2, 0) is 14.8 Å². The number of aryl methyl sites for hydroxylation is 1. The smallest absolute Gasteiger partial charge is 0.261 e. The molecule has 0 aliphatic carbocycles. The Morgan fingerprint density at radius 3 is 2.32 bits per heavy atom. The lowest BCUT2D eigenvalue weighted by Gasteiger charge is -2.39. The fourth-order valence-electron chi connectivity index (χ4n) is 4.93. The molecule has 0 spiro atoms. The van der Waals surface area contributed by atoms with E-state index in [4.69, 9.17) is 4.74 Å². The number of hydrogen-bond donors (Lipinski definition) is 1. The number of benzene rings is 2. The summed E-state index contributed by atoms with van der Waals surface area (Å²) in [6.45, 7) is 10.5. The highest BCUT2D eigenvalue weighted by atomic mass is 32.2. The van der Waals surface area contributed by atoms with Crippen molar-refractivity contribution < 1.29 is 17.9 Å². The number of carbonyl (C=O) groups excluding carboxylic acids is 1. The van der Waals surface area contributed by atoms with Gasteiger partial charge in [0.15, 0.2) is 0 Å². The fourth-order valence-corrected chi connectivity index (χ4v) is 6.04. The van der Waals surface area contributed by atoms with Gasteiger partial charge in [-0.15, -0.1) is 0 Å². The molecule has 1 N–H and O–H groups in total. The Morgan fingerprint density at radius 2 is 1.68 bits per heavy atom. The van der Waals surface area contributed by atoms with E-state index < -0.39 is 10.0 Å². The summed E-state index contributed by atoms with van der Waals surface area (Å²) in [4.78, 5) is 17.6. The van der Waals surface area contributed by atoms with Crippen molar-refractivity contribution in [1.82, 2.24) is 9.80 Å². The second-order valence-electron chi connectivity index (χ2n) is 9.71. The summed E-state index contributed by atoms with van der Waals surface area (Å²) in [5.74, 6) is 0.450. The lowest BCUT2D eigenvalue weighted by atomic mass is 9.95. The van der Waals surface area contributed by atoms with E-state index in [1.54, 1.807) is 24.3 Å². The molecule has 0 saturated carbocycles. The summed E-state index contributed by atoms with van der Waals surface area (Å²) >= 11 is 0. The number of morpholine rings is 1. The van der Waals surface area contributed by atoms with Crippen molar-refractivity contribution in [3.63, 3.8) is 0 Å². The fraction of sp³-hybridized carbons (Fsp3) is 0.500. The monoisotopic (exact) mass is 485 g/mol. The van der Waals surface area contributed by atoms with E-state index in [-0.39, 0.29) is 23.0 Å². The normalized spacial score (nSPS) is 22.5. The first-order chi connectivity index (χ1) is 16.2. The van der Waals surface area contributed by atoms with Gasteiger partial charge in [0.2, 0.25) is 0 Å². The third kappa shape index (κ3) is 6.17. The standard InChI is InChI=1S/C26H35N3O4S/c1-19-7-9-24(10-8-19)27-34(31,32)25-6-4-5-23(15-25)26(30)29-13-11-22(12-14-29)18-28-16-20(2)33-21(3)17-28/h4-10,15,20-22,27H,11-14,16-18H2,1-3H3. The van der Waals surface area contributed by atoms with Gasteiger partial charge in [-0.25, -0.2) is 8.42 Å². The molecule has 2 saturated heterocycles. The molecule has 2 aromatic carbocycles. The predicted molar refractivity (Wildman–Crippen MR) is 134 cm³/mol. The molecular formula is C26H35N3O4S. The molecule has 184 valence electrons. The van der Waals surface area contributed by atoms with E-state index in [9.17, 15) is 13.2 Å². The highest BCUT2D eigenvalue weighted by Gasteiger charge is 2.28. The van der Waals surface area contributed by atoms with E-state index in [0.29, 0.717) is 30.3 Å². The maximum absolute atomic E-state index is 13.1. The molecule has 0 radical (unpaired) electrons. The Kier molecular flexibility index (Phi) is 7.60. The molecule has 2 aromatic rings. The minimum Gasteiger partial charge on any atom is -0.373 e. The molecule has 8 heteroatoms. The Labute approximate surface area is 203 Å². The summed E-state index contributed by atoms with van der Waals surface area (Å²) in [5.41, 5.74) is 1.95. The van der Waals surface area contributed by atoms with Crippen LogP contribution >= 0.6 is 0 Å². The average molecular weight is 486 g/mol. The van der Waals surface area contributed by atoms with Gasteiger partial charge in [0.05, 0.1) is 17.1 Å². The predicted octanol–water partition coefficient (Wildman–Crippen LogP) is 3.76. The van der Waals surface area contributed by atoms with Crippen LogP contribution in [0.25, 0.3) is 0 Å². The molecule has 2 fully saturated rings. The van der Waals surface area contributed by atoms with Crippen molar-refractivity contribution in [1.29, 1.82) is 0 Å². The lowest BCUT2D eigenvalue weighted by Crippen LogP contribution is -2.48. The van der Waals surface area contributed by atoms with Crippen molar-refractivity contribution in [2.45, 2.75) is 50.7 Å². The first-order valence-electron chi connectivity index (χ1n) is 12.1. The number of nitrogens with one attached hydrogen (secondary N) is 1. The van der Waals surface area contributed by atoms with Gasteiger partial charge < -0.3 is 9.64 Å². The van der Waals surface area contributed by atoms with E-state index >= 15 is 0 Å². The van der Waals surface area contributed by atoms with Gasteiger partial charge in [-0.1, -0.05) is 23.8 Å². The summed E-state index contributed by atoms with van der Waals surface area (Å²) < 4.78 is 34.2. The first-order valence-corrected chi connectivity index (χ1v) is 13.5. The average Bonchev–Trinajstić information content (AvgIpc) is 2.80. The zero-order valence-electron chi connectivity index (χ0n) is 20.2. The molecule has 7 nitrogen and oxygen atoms in total. The van der Waals surface area contributed by atoms with Crippen molar-refractivity contribution >= 4 is 21.6 Å². The molecule has 0 bridgehead atoms. The molecule has 2 heterocycles. The molecule has 2 aliphatic heterocycles. The highest BCUT2D eigenvalue weighted by molar-refractivity contribution is 7.92. The second kappa shape index (κ2) is 10.5. The van der Waals surface area contributed by atoms with Gasteiger partial charge in [0.25, 0.3) is 15.9 Å². The number of amides is 1. The Hall–Kier alpha value is -2.42. The van der Waals surface area contributed by atoms with Gasteiger partial charge in [0.1, 0.15) is 0 Å². The maximum atomic E-state index is 13.1. The van der Waals surface area contributed by atoms with Crippen molar-refractivity contribution in [3.8, 4) is 0 Å². The summed E-state index contributed by atoms with van der Waals surface area (Å²) in [6.07, 6.45) is 2.43. The Morgan fingerprint density at radius 1 is 1.03 bits per heavy atom. The van der Waals surface area contributed by atoms with Crippen LogP contribution < -0.4 is 4.72 Å². The number of carbonyl (C=O) groups is 1. The number of rotatable bonds is 6. The minimum absolute atomic E-state index is 0.0874. The molecule has 2 unspecified atom stereocenters. The zero-order chi connectivity index (χ0) is 24.3. The second-order valence-corrected chi connectivity index (χ2v) is 11.4. The number of nitrogens with zero attached hydrogens (tertiary/aromatic N) is 2. The van der Waals surface area contributed by atoms with Crippen LogP contribution in [0.5, 0.6) is 0 Å². The molecule has 2 aliphatic rings. The first kappa shape index (κ1) is 24.7. The van der Waals surface area contributed by atoms with Gasteiger partial charge >= 0.3 is 0 Å². The lowest BCUT2D eigenvalue weighted by molar-refractivity contribution is -0.0728. The number of anilines is 1. The zero-order valence-corrected chi connectivity index (χ0v) is 21.1. The quantitative estimate of drug-likeness (QED) is 0.674. The van der Waals surface area contributed by atoms with Crippen LogP contribution in [0.1, 0.15) is 42.6 Å². The van der Waals surface area contributed by atoms with E-state index in [0.717, 1.165) is 38.0 Å². The summed E-state index contributed by atoms with van der Waals surface area (Å²) in [7, 11) is -3.78. The van der Waals surface area contributed by atoms with E-state index in [1.165, 1.54) is 12.1 Å². The molecular weight excluding hydrogens is 450 g/mol. The van der Waals surface area contributed by atoms with Gasteiger partial charge in [-0.2, -0.15) is 0 Å². The van der Waals surface area contributed by atoms with Gasteiger partial charge in [0, 0.05) is 44.0 Å². The van der Waals surface area contributed by atoms with Crippen LogP contribution in [0.4, 0.5) is 5.69 Å².